The van der Waals surface area contributed by atoms with Crippen LogP contribution in [0.15, 0.2) is 122 Å². The molecule has 0 aliphatic heterocycles. The minimum absolute atomic E-state index is 0.0805. The van der Waals surface area contributed by atoms with Crippen molar-refractivity contribution in [2.24, 2.45) is 0 Å². The van der Waals surface area contributed by atoms with Crippen LogP contribution in [0.3, 0.4) is 0 Å². The van der Waals surface area contributed by atoms with Gasteiger partial charge in [-0.15, -0.1) is 0 Å². The highest BCUT2D eigenvalue weighted by atomic mass is 31.2. The number of carbonyl (C=O) groups excluding carboxylic acids is 3. The number of hydrogen-bond acceptors (Lipinski definition) is 14. The largest absolute Gasteiger partial charge is 0.472 e. The molecule has 18 heteroatoms. The van der Waals surface area contributed by atoms with Crippen molar-refractivity contribution in [3.05, 3.63) is 122 Å². The number of aliphatic hydroxyl groups excluding tert-OH is 2. The van der Waals surface area contributed by atoms with E-state index in [1.54, 1.807) is 0 Å². The fourth-order valence-corrected chi connectivity index (χ4v) is 11.5. The SMILES string of the molecule is CC/C=C\C/C=C\C/C=C\C/C=C\C/C=C\CCCC(=O)OCC(COP(=O)(O)OCC(O)COP(=O)(O)OCC(O)COC(=O)CCCCCCCCCCCCCCCCC/C=C\C/C=C\C/C=C\C/C=C\CCCCC)OC(=O)CCCCCCC/C=C\CCCCCC. The van der Waals surface area contributed by atoms with Gasteiger partial charge in [-0.1, -0.05) is 277 Å². The molecule has 0 amide bonds. The third kappa shape index (κ3) is 73.0. The van der Waals surface area contributed by atoms with Gasteiger partial charge in [-0.2, -0.15) is 0 Å². The smallest absolute Gasteiger partial charge is 0.463 e. The molecule has 0 saturated heterocycles. The van der Waals surface area contributed by atoms with E-state index in [-0.39, 0.29) is 19.3 Å². The third-order valence-corrected chi connectivity index (χ3v) is 17.5. The molecule has 0 heterocycles. The summed E-state index contributed by atoms with van der Waals surface area (Å²) in [6.07, 6.45) is 84.2. The van der Waals surface area contributed by atoms with Crippen LogP contribution in [0.2, 0.25) is 0 Å². The molecule has 0 radical (unpaired) electrons. The molecule has 0 aromatic carbocycles. The zero-order chi connectivity index (χ0) is 70.9. The highest BCUT2D eigenvalue weighted by Crippen LogP contribution is 2.45. The van der Waals surface area contributed by atoms with Crippen LogP contribution < -0.4 is 0 Å². The fraction of sp³-hybridized carbons (Fsp3) is 0.709. The van der Waals surface area contributed by atoms with Gasteiger partial charge in [-0.25, -0.2) is 9.13 Å². The van der Waals surface area contributed by atoms with E-state index in [1.807, 2.05) is 12.2 Å². The average Bonchev–Trinajstić information content (AvgIpc) is 1.86. The molecule has 0 rings (SSSR count). The number of allylic oxidation sites excluding steroid dienone is 20. The molecular weight excluding hydrogens is 1270 g/mol. The minimum Gasteiger partial charge on any atom is -0.463 e. The van der Waals surface area contributed by atoms with Crippen molar-refractivity contribution in [1.82, 2.24) is 0 Å². The molecule has 0 spiro atoms. The second-order valence-electron chi connectivity index (χ2n) is 25.1. The lowest BCUT2D eigenvalue weighted by Gasteiger charge is -2.21. The average molecular weight is 1400 g/mol. The lowest BCUT2D eigenvalue weighted by atomic mass is 10.0. The number of aliphatic hydroxyl groups is 2. The van der Waals surface area contributed by atoms with Gasteiger partial charge in [-0.3, -0.25) is 32.5 Å². The van der Waals surface area contributed by atoms with Crippen molar-refractivity contribution in [3.63, 3.8) is 0 Å². The van der Waals surface area contributed by atoms with Crippen LogP contribution >= 0.6 is 15.6 Å². The topological polar surface area (TPSA) is 231 Å². The molecule has 0 fully saturated rings. The van der Waals surface area contributed by atoms with Crippen LogP contribution in [0.5, 0.6) is 0 Å². The number of phosphoric ester groups is 2. The minimum atomic E-state index is -4.94. The lowest BCUT2D eigenvalue weighted by Crippen LogP contribution is -2.30. The Hall–Kier alpha value is -4.05. The quantitative estimate of drug-likeness (QED) is 0.0146. The van der Waals surface area contributed by atoms with Gasteiger partial charge in [0.2, 0.25) is 0 Å². The molecule has 0 aliphatic carbocycles. The van der Waals surface area contributed by atoms with Gasteiger partial charge in [0.1, 0.15) is 25.4 Å². The van der Waals surface area contributed by atoms with E-state index in [0.717, 1.165) is 109 Å². The highest BCUT2D eigenvalue weighted by molar-refractivity contribution is 7.47. The maximum atomic E-state index is 12.9. The van der Waals surface area contributed by atoms with Crippen molar-refractivity contribution in [1.29, 1.82) is 0 Å². The summed E-state index contributed by atoms with van der Waals surface area (Å²) in [7, 11) is -9.80. The van der Waals surface area contributed by atoms with Crippen molar-refractivity contribution in [3.8, 4) is 0 Å². The highest BCUT2D eigenvalue weighted by Gasteiger charge is 2.29. The molecule has 0 saturated carbocycles. The van der Waals surface area contributed by atoms with Crippen LogP contribution in [0.25, 0.3) is 0 Å². The van der Waals surface area contributed by atoms with Gasteiger partial charge in [-0.05, 0) is 128 Å². The predicted octanol–water partition coefficient (Wildman–Crippen LogP) is 21.8. The number of ether oxygens (including phenoxy) is 3. The number of rotatable bonds is 71. The number of phosphoric acid groups is 2. The lowest BCUT2D eigenvalue weighted by molar-refractivity contribution is -0.161. The van der Waals surface area contributed by atoms with Crippen LogP contribution in [-0.4, -0.2) is 95.9 Å². The molecule has 0 aromatic heterocycles. The first-order chi connectivity index (χ1) is 47.2. The summed E-state index contributed by atoms with van der Waals surface area (Å²) in [5.74, 6) is -1.65. The van der Waals surface area contributed by atoms with E-state index in [9.17, 15) is 43.5 Å². The van der Waals surface area contributed by atoms with Crippen LogP contribution in [0.4, 0.5) is 0 Å². The standard InChI is InChI=1S/C79H136O16P2/c1-4-7-10-13-16-19-22-25-27-29-30-31-32-33-34-35-36-37-38-39-40-41-42-44-46-48-50-53-56-59-62-65-77(82)89-68-74(80)69-91-96(85,86)92-70-75(81)71-93-97(87,88)94-73-76(95-79(84)67-64-61-58-55-52-47-24-21-18-15-12-9-6-3)72-90-78(83)66-63-60-57-54-51-49-45-43-28-26-23-20-17-14-11-8-5-2/h8,11,16-17,19-21,24-28,30-31,33-34,45,49,54,57,74-76,80-81H,4-7,9-10,12-15,18,22-23,29,32,35-44,46-48,50-53,55-56,58-73H2,1-3H3,(H,85,86)(H,87,88)/b11-8-,19-16-,20-17-,24-21-,27-25-,28-26-,31-30-,34-33-,49-45-,57-54-. The monoisotopic (exact) mass is 1400 g/mol. The zero-order valence-electron chi connectivity index (χ0n) is 60.7. The van der Waals surface area contributed by atoms with E-state index in [1.165, 1.54) is 128 Å². The number of esters is 3. The molecule has 0 bridgehead atoms. The van der Waals surface area contributed by atoms with Crippen molar-refractivity contribution in [2.75, 3.05) is 39.6 Å². The Morgan fingerprint density at radius 2 is 0.557 bits per heavy atom. The molecular formula is C79H136O16P2. The maximum Gasteiger partial charge on any atom is 0.472 e. The van der Waals surface area contributed by atoms with E-state index < -0.39 is 91.5 Å². The Balaban J connectivity index is 4.46. The molecule has 16 nitrogen and oxygen atoms in total. The Morgan fingerprint density at radius 3 is 0.938 bits per heavy atom. The van der Waals surface area contributed by atoms with Gasteiger partial charge in [0.05, 0.1) is 26.4 Å². The van der Waals surface area contributed by atoms with E-state index in [2.05, 4.69) is 130 Å². The van der Waals surface area contributed by atoms with Gasteiger partial charge < -0.3 is 34.2 Å². The molecule has 0 aromatic rings. The van der Waals surface area contributed by atoms with E-state index in [0.29, 0.717) is 25.7 Å². The van der Waals surface area contributed by atoms with Crippen LogP contribution in [-0.2, 0) is 55.8 Å². The summed E-state index contributed by atoms with van der Waals surface area (Å²) in [6.45, 7) is 2.44. The molecule has 97 heavy (non-hydrogen) atoms. The predicted molar refractivity (Wildman–Crippen MR) is 399 cm³/mol. The summed E-state index contributed by atoms with van der Waals surface area (Å²) in [6, 6.07) is 0. The van der Waals surface area contributed by atoms with Gasteiger partial charge >= 0.3 is 33.6 Å². The summed E-state index contributed by atoms with van der Waals surface area (Å²) in [5.41, 5.74) is 0. The van der Waals surface area contributed by atoms with Gasteiger partial charge in [0, 0.05) is 19.3 Å². The fourth-order valence-electron chi connectivity index (χ4n) is 9.88. The summed E-state index contributed by atoms with van der Waals surface area (Å²) < 4.78 is 60.9. The van der Waals surface area contributed by atoms with Crippen LogP contribution in [0, 0.1) is 0 Å². The zero-order valence-corrected chi connectivity index (χ0v) is 62.5. The first-order valence-corrected chi connectivity index (χ1v) is 40.8. The van der Waals surface area contributed by atoms with E-state index >= 15 is 0 Å². The third-order valence-electron chi connectivity index (χ3n) is 15.6. The van der Waals surface area contributed by atoms with Gasteiger partial charge in [0.15, 0.2) is 6.10 Å². The molecule has 558 valence electrons. The second kappa shape index (κ2) is 71.8. The first kappa shape index (κ1) is 93.0. The van der Waals surface area contributed by atoms with E-state index in [4.69, 9.17) is 32.3 Å². The number of hydrogen-bond donors (Lipinski definition) is 4. The van der Waals surface area contributed by atoms with Crippen molar-refractivity contribution in [2.45, 2.75) is 322 Å². The number of carbonyl (C=O) groups is 3. The summed E-state index contributed by atoms with van der Waals surface area (Å²) in [4.78, 5) is 58.4. The number of unbranched alkanes of at least 4 members (excludes halogenated alkanes) is 28. The molecule has 5 unspecified atom stereocenters. The summed E-state index contributed by atoms with van der Waals surface area (Å²) in [5, 5.41) is 20.6. The first-order valence-electron chi connectivity index (χ1n) is 37.8. The maximum absolute atomic E-state index is 12.9. The van der Waals surface area contributed by atoms with Crippen LogP contribution in [0.1, 0.15) is 303 Å². The molecule has 5 atom stereocenters. The Kier molecular flexibility index (Phi) is 68.8. The Morgan fingerprint density at radius 1 is 0.299 bits per heavy atom. The summed E-state index contributed by atoms with van der Waals surface area (Å²) >= 11 is 0. The van der Waals surface area contributed by atoms with Crippen molar-refractivity contribution < 1.29 is 75.8 Å². The van der Waals surface area contributed by atoms with Crippen molar-refractivity contribution >= 4 is 33.6 Å². The molecule has 0 aliphatic rings. The van der Waals surface area contributed by atoms with Gasteiger partial charge in [0.25, 0.3) is 0 Å². The normalized spacial score (nSPS) is 14.8. The second-order valence-corrected chi connectivity index (χ2v) is 28.0. The molecule has 4 N–H and O–H groups in total. The Labute approximate surface area is 589 Å². The Bertz CT molecular complexity index is 2250.